The van der Waals surface area contributed by atoms with Crippen LogP contribution >= 0.6 is 11.6 Å². The number of rotatable bonds is 6. The van der Waals surface area contributed by atoms with Gasteiger partial charge in [0, 0.05) is 6.61 Å². The third-order valence-electron chi connectivity index (χ3n) is 1.60. The van der Waals surface area contributed by atoms with Crippen LogP contribution in [0.1, 0.15) is 33.1 Å². The maximum atomic E-state index is 10.6. The molecule has 0 aliphatic rings. The molecule has 0 aromatic carbocycles. The number of carboxylic acid groups (broad SMARTS) is 1. The Kier molecular flexibility index (Phi) is 5.25. The van der Waals surface area contributed by atoms with E-state index in [4.69, 9.17) is 21.4 Å². The molecule has 1 unspecified atom stereocenters. The second kappa shape index (κ2) is 5.38. The van der Waals surface area contributed by atoms with Crippen molar-refractivity contribution in [3.63, 3.8) is 0 Å². The van der Waals surface area contributed by atoms with Crippen LogP contribution in [0.4, 0.5) is 0 Å². The van der Waals surface area contributed by atoms with Gasteiger partial charge in [0.05, 0.1) is 0 Å². The minimum atomic E-state index is -1.52. The van der Waals surface area contributed by atoms with Crippen molar-refractivity contribution in [2.45, 2.75) is 38.2 Å². The number of carboxylic acids is 1. The van der Waals surface area contributed by atoms with Gasteiger partial charge in [-0.05, 0) is 12.8 Å². The Morgan fingerprint density at radius 2 is 2.17 bits per heavy atom. The van der Waals surface area contributed by atoms with Gasteiger partial charge in [-0.2, -0.15) is 0 Å². The summed E-state index contributed by atoms with van der Waals surface area (Å²) in [5.41, 5.74) is 0. The van der Waals surface area contributed by atoms with Crippen LogP contribution in [0, 0.1) is 0 Å². The van der Waals surface area contributed by atoms with Crippen LogP contribution in [0.3, 0.4) is 0 Å². The molecule has 72 valence electrons. The van der Waals surface area contributed by atoms with Gasteiger partial charge in [0.1, 0.15) is 0 Å². The number of carbonyl (C=O) groups is 1. The van der Waals surface area contributed by atoms with Gasteiger partial charge >= 0.3 is 5.97 Å². The van der Waals surface area contributed by atoms with Gasteiger partial charge in [-0.15, -0.1) is 0 Å². The van der Waals surface area contributed by atoms with Gasteiger partial charge in [-0.1, -0.05) is 31.9 Å². The monoisotopic (exact) mass is 194 g/mol. The van der Waals surface area contributed by atoms with Crippen LogP contribution < -0.4 is 0 Å². The molecule has 0 amide bonds. The topological polar surface area (TPSA) is 46.5 Å². The molecule has 3 nitrogen and oxygen atoms in total. The molecule has 0 rings (SSSR count). The Morgan fingerprint density at radius 1 is 1.58 bits per heavy atom. The lowest BCUT2D eigenvalue weighted by molar-refractivity contribution is -0.155. The molecule has 12 heavy (non-hydrogen) atoms. The molecule has 4 heteroatoms. The predicted molar refractivity (Wildman–Crippen MR) is 47.4 cm³/mol. The van der Waals surface area contributed by atoms with Gasteiger partial charge in [0.15, 0.2) is 0 Å². The van der Waals surface area contributed by atoms with Crippen molar-refractivity contribution in [1.82, 2.24) is 0 Å². The molecule has 0 heterocycles. The van der Waals surface area contributed by atoms with E-state index in [2.05, 4.69) is 0 Å². The van der Waals surface area contributed by atoms with Crippen LogP contribution in [0.2, 0.25) is 0 Å². The number of alkyl halides is 1. The maximum Gasteiger partial charge on any atom is 0.351 e. The average Bonchev–Trinajstić information content (AvgIpc) is 2.04. The summed E-state index contributed by atoms with van der Waals surface area (Å²) in [7, 11) is 0. The number of hydrogen-bond acceptors (Lipinski definition) is 2. The van der Waals surface area contributed by atoms with E-state index in [0.29, 0.717) is 6.61 Å². The molecule has 0 aromatic heterocycles. The maximum absolute atomic E-state index is 10.6. The van der Waals surface area contributed by atoms with Gasteiger partial charge in [-0.3, -0.25) is 0 Å². The first-order valence-electron chi connectivity index (χ1n) is 4.13. The van der Waals surface area contributed by atoms with E-state index < -0.39 is 11.0 Å². The van der Waals surface area contributed by atoms with Crippen LogP contribution in [-0.4, -0.2) is 22.7 Å². The summed E-state index contributed by atoms with van der Waals surface area (Å²) >= 11 is 5.67. The number of hydrogen-bond donors (Lipinski definition) is 1. The van der Waals surface area contributed by atoms with E-state index in [1.807, 2.05) is 6.92 Å². The Balaban J connectivity index is 3.88. The smallest absolute Gasteiger partial charge is 0.351 e. The van der Waals surface area contributed by atoms with E-state index in [1.165, 1.54) is 0 Å². The minimum Gasteiger partial charge on any atom is -0.478 e. The molecule has 1 atom stereocenters. The van der Waals surface area contributed by atoms with Crippen molar-refractivity contribution in [1.29, 1.82) is 0 Å². The summed E-state index contributed by atoms with van der Waals surface area (Å²) in [5.74, 6) is -1.11. The second-order valence-electron chi connectivity index (χ2n) is 2.59. The number of aliphatic carboxylic acids is 1. The highest BCUT2D eigenvalue weighted by molar-refractivity contribution is 6.32. The average molecular weight is 195 g/mol. The largest absolute Gasteiger partial charge is 0.478 e. The second-order valence-corrected chi connectivity index (χ2v) is 3.20. The van der Waals surface area contributed by atoms with Gasteiger partial charge in [0.25, 0.3) is 0 Å². The standard InChI is InChI=1S/C8H15ClO3/c1-3-5-6-12-8(9,4-2)7(10)11/h3-6H2,1-2H3,(H,10,11). The van der Waals surface area contributed by atoms with Crippen LogP contribution in [0.5, 0.6) is 0 Å². The lowest BCUT2D eigenvalue weighted by Gasteiger charge is -2.20. The van der Waals surface area contributed by atoms with Crippen molar-refractivity contribution in [3.05, 3.63) is 0 Å². The summed E-state index contributed by atoms with van der Waals surface area (Å²) in [6.45, 7) is 4.10. The number of unbranched alkanes of at least 4 members (excludes halogenated alkanes) is 1. The fraction of sp³-hybridized carbons (Fsp3) is 0.875. The Bertz CT molecular complexity index is 149. The normalized spacial score (nSPS) is 15.6. The zero-order valence-electron chi connectivity index (χ0n) is 7.47. The lowest BCUT2D eigenvalue weighted by Crippen LogP contribution is -2.35. The van der Waals surface area contributed by atoms with E-state index >= 15 is 0 Å². The first kappa shape index (κ1) is 11.7. The third-order valence-corrected chi connectivity index (χ3v) is 2.14. The molecule has 0 radical (unpaired) electrons. The summed E-state index contributed by atoms with van der Waals surface area (Å²) in [5, 5.41) is 7.16. The summed E-state index contributed by atoms with van der Waals surface area (Å²) in [6.07, 6.45) is 2.08. The fourth-order valence-electron chi connectivity index (χ4n) is 0.693. The van der Waals surface area contributed by atoms with Crippen LogP contribution in [0.15, 0.2) is 0 Å². The fourth-order valence-corrected chi connectivity index (χ4v) is 0.770. The SMILES string of the molecule is CCCCOC(Cl)(CC)C(=O)O. The van der Waals surface area contributed by atoms with Crippen molar-refractivity contribution in [2.24, 2.45) is 0 Å². The molecular formula is C8H15ClO3. The molecule has 0 bridgehead atoms. The zero-order chi connectivity index (χ0) is 9.61. The first-order valence-corrected chi connectivity index (χ1v) is 4.51. The summed E-state index contributed by atoms with van der Waals surface area (Å²) < 4.78 is 5.05. The lowest BCUT2D eigenvalue weighted by atomic mass is 10.2. The predicted octanol–water partition coefficient (Wildman–Crippen LogP) is 2.23. The van der Waals surface area contributed by atoms with Crippen molar-refractivity contribution >= 4 is 17.6 Å². The first-order chi connectivity index (χ1) is 5.56. The third kappa shape index (κ3) is 3.41. The molecule has 0 spiro atoms. The number of ether oxygens (including phenoxy) is 1. The number of halogens is 1. The molecule has 0 saturated heterocycles. The van der Waals surface area contributed by atoms with Crippen LogP contribution in [0.25, 0.3) is 0 Å². The van der Waals surface area contributed by atoms with Crippen molar-refractivity contribution in [2.75, 3.05) is 6.61 Å². The Hall–Kier alpha value is -0.280. The minimum absolute atomic E-state index is 0.271. The molecule has 0 saturated carbocycles. The van der Waals surface area contributed by atoms with E-state index in [0.717, 1.165) is 12.8 Å². The summed E-state index contributed by atoms with van der Waals surface area (Å²) in [4.78, 5) is 10.6. The molecule has 0 aliphatic heterocycles. The van der Waals surface area contributed by atoms with E-state index in [-0.39, 0.29) is 6.42 Å². The van der Waals surface area contributed by atoms with E-state index in [1.54, 1.807) is 6.92 Å². The highest BCUT2D eigenvalue weighted by Crippen LogP contribution is 2.21. The van der Waals surface area contributed by atoms with Gasteiger partial charge in [-0.25, -0.2) is 4.79 Å². The van der Waals surface area contributed by atoms with E-state index in [9.17, 15) is 4.79 Å². The van der Waals surface area contributed by atoms with Crippen molar-refractivity contribution in [3.8, 4) is 0 Å². The Morgan fingerprint density at radius 3 is 2.50 bits per heavy atom. The molecular weight excluding hydrogens is 180 g/mol. The highest BCUT2D eigenvalue weighted by atomic mass is 35.5. The van der Waals surface area contributed by atoms with Gasteiger partial charge in [0.2, 0.25) is 5.06 Å². The summed E-state index contributed by atoms with van der Waals surface area (Å²) in [6, 6.07) is 0. The Labute approximate surface area is 77.7 Å². The molecule has 0 aromatic rings. The highest BCUT2D eigenvalue weighted by Gasteiger charge is 2.34. The molecule has 1 N–H and O–H groups in total. The molecule has 0 fully saturated rings. The molecule has 0 aliphatic carbocycles. The van der Waals surface area contributed by atoms with Gasteiger partial charge < -0.3 is 9.84 Å². The van der Waals surface area contributed by atoms with Crippen LogP contribution in [-0.2, 0) is 9.53 Å². The zero-order valence-corrected chi connectivity index (χ0v) is 8.23. The quantitative estimate of drug-likeness (QED) is 0.521. The van der Waals surface area contributed by atoms with Crippen molar-refractivity contribution < 1.29 is 14.6 Å².